The predicted molar refractivity (Wildman–Crippen MR) is 69.7 cm³/mol. The van der Waals surface area contributed by atoms with Crippen LogP contribution in [0, 0.1) is 0 Å². The molecule has 6 nitrogen and oxygen atoms in total. The summed E-state index contributed by atoms with van der Waals surface area (Å²) in [6.07, 6.45) is 3.23. The SMILES string of the molecule is COC(=O)C(=O)Nc1cc(Cl)ccc1-c1ncc[nH]1. The molecule has 0 atom stereocenters. The molecule has 2 aromatic rings. The Kier molecular flexibility index (Phi) is 3.82. The summed E-state index contributed by atoms with van der Waals surface area (Å²) >= 11 is 5.88. The quantitative estimate of drug-likeness (QED) is 0.649. The first-order chi connectivity index (χ1) is 9.11. The lowest BCUT2D eigenvalue weighted by atomic mass is 10.1. The second-order valence-electron chi connectivity index (χ2n) is 3.57. The van der Waals surface area contributed by atoms with Gasteiger partial charge in [0.2, 0.25) is 0 Å². The second kappa shape index (κ2) is 5.53. The number of anilines is 1. The van der Waals surface area contributed by atoms with Crippen LogP contribution in [-0.2, 0) is 14.3 Å². The van der Waals surface area contributed by atoms with Gasteiger partial charge in [-0.25, -0.2) is 9.78 Å². The van der Waals surface area contributed by atoms with Crippen LogP contribution in [0.15, 0.2) is 30.6 Å². The van der Waals surface area contributed by atoms with Gasteiger partial charge < -0.3 is 15.0 Å². The molecule has 1 amide bonds. The molecule has 1 aromatic heterocycles. The molecule has 0 saturated heterocycles. The highest BCUT2D eigenvalue weighted by atomic mass is 35.5. The number of halogens is 1. The molecule has 2 N–H and O–H groups in total. The van der Waals surface area contributed by atoms with E-state index in [0.29, 0.717) is 22.1 Å². The maximum absolute atomic E-state index is 11.5. The van der Waals surface area contributed by atoms with Crippen LogP contribution in [-0.4, -0.2) is 29.0 Å². The number of ether oxygens (including phenoxy) is 1. The minimum absolute atomic E-state index is 0.373. The largest absolute Gasteiger partial charge is 0.462 e. The standard InChI is InChI=1S/C12H10ClN3O3/c1-19-12(18)11(17)16-9-6-7(13)2-3-8(9)10-14-4-5-15-10/h2-6H,1H3,(H,14,15)(H,16,17). The fourth-order valence-electron chi connectivity index (χ4n) is 1.50. The number of H-pyrrole nitrogens is 1. The normalized spacial score (nSPS) is 10.0. The van der Waals surface area contributed by atoms with Crippen LogP contribution in [0.2, 0.25) is 5.02 Å². The van der Waals surface area contributed by atoms with Crippen LogP contribution in [0.4, 0.5) is 5.69 Å². The van der Waals surface area contributed by atoms with E-state index >= 15 is 0 Å². The van der Waals surface area contributed by atoms with Gasteiger partial charge in [-0.2, -0.15) is 0 Å². The number of nitrogens with one attached hydrogen (secondary N) is 2. The Labute approximate surface area is 113 Å². The summed E-state index contributed by atoms with van der Waals surface area (Å²) < 4.78 is 4.34. The maximum Gasteiger partial charge on any atom is 0.396 e. The predicted octanol–water partition coefficient (Wildman–Crippen LogP) is 1.84. The number of benzene rings is 1. The van der Waals surface area contributed by atoms with Crippen LogP contribution in [0.5, 0.6) is 0 Å². The van der Waals surface area contributed by atoms with E-state index in [1.165, 1.54) is 6.07 Å². The van der Waals surface area contributed by atoms with Gasteiger partial charge in [-0.05, 0) is 18.2 Å². The van der Waals surface area contributed by atoms with Gasteiger partial charge in [-0.1, -0.05) is 11.6 Å². The number of aromatic nitrogens is 2. The molecule has 7 heteroatoms. The van der Waals surface area contributed by atoms with E-state index in [2.05, 4.69) is 20.0 Å². The summed E-state index contributed by atoms with van der Waals surface area (Å²) in [5, 5.41) is 2.86. The maximum atomic E-state index is 11.5. The van der Waals surface area contributed by atoms with Crippen LogP contribution < -0.4 is 5.32 Å². The lowest BCUT2D eigenvalue weighted by Gasteiger charge is -2.09. The summed E-state index contributed by atoms with van der Waals surface area (Å²) in [4.78, 5) is 29.6. The van der Waals surface area contributed by atoms with Crippen molar-refractivity contribution in [3.05, 3.63) is 35.6 Å². The number of rotatable bonds is 2. The number of amides is 1. The number of esters is 1. The van der Waals surface area contributed by atoms with E-state index in [4.69, 9.17) is 11.6 Å². The van der Waals surface area contributed by atoms with Crippen LogP contribution in [0.3, 0.4) is 0 Å². The number of nitrogens with zero attached hydrogens (tertiary/aromatic N) is 1. The highest BCUT2D eigenvalue weighted by Crippen LogP contribution is 2.28. The van der Waals surface area contributed by atoms with Crippen molar-refractivity contribution in [2.24, 2.45) is 0 Å². The van der Waals surface area contributed by atoms with E-state index in [0.717, 1.165) is 7.11 Å². The molecule has 0 aliphatic rings. The molecular weight excluding hydrogens is 270 g/mol. The Morgan fingerprint density at radius 2 is 2.21 bits per heavy atom. The van der Waals surface area contributed by atoms with Gasteiger partial charge >= 0.3 is 11.9 Å². The number of carbonyl (C=O) groups is 2. The van der Waals surface area contributed by atoms with Crippen molar-refractivity contribution < 1.29 is 14.3 Å². The minimum atomic E-state index is -0.981. The first-order valence-corrected chi connectivity index (χ1v) is 5.68. The van der Waals surface area contributed by atoms with Crippen LogP contribution >= 0.6 is 11.6 Å². The first kappa shape index (κ1) is 13.1. The molecule has 0 unspecified atom stereocenters. The van der Waals surface area contributed by atoms with Gasteiger partial charge in [0.15, 0.2) is 0 Å². The molecule has 1 aromatic carbocycles. The number of carbonyl (C=O) groups excluding carboxylic acids is 2. The number of aromatic amines is 1. The fraction of sp³-hybridized carbons (Fsp3) is 0.0833. The molecule has 0 spiro atoms. The lowest BCUT2D eigenvalue weighted by Crippen LogP contribution is -2.24. The molecule has 2 rings (SSSR count). The number of hydrogen-bond donors (Lipinski definition) is 2. The van der Waals surface area contributed by atoms with Crippen molar-refractivity contribution in [3.63, 3.8) is 0 Å². The van der Waals surface area contributed by atoms with Crippen LogP contribution in [0.1, 0.15) is 0 Å². The first-order valence-electron chi connectivity index (χ1n) is 5.30. The number of hydrogen-bond acceptors (Lipinski definition) is 4. The van der Waals surface area contributed by atoms with Gasteiger partial charge in [0.05, 0.1) is 12.8 Å². The summed E-state index contributed by atoms with van der Waals surface area (Å²) in [5.41, 5.74) is 0.990. The van der Waals surface area contributed by atoms with Gasteiger partial charge in [0.25, 0.3) is 0 Å². The van der Waals surface area contributed by atoms with Crippen molar-refractivity contribution in [2.75, 3.05) is 12.4 Å². The zero-order valence-corrected chi connectivity index (χ0v) is 10.7. The number of methoxy groups -OCH3 is 1. The smallest absolute Gasteiger partial charge is 0.396 e. The topological polar surface area (TPSA) is 84.1 Å². The lowest BCUT2D eigenvalue weighted by molar-refractivity contribution is -0.150. The van der Waals surface area contributed by atoms with Crippen LogP contribution in [0.25, 0.3) is 11.4 Å². The molecule has 0 aliphatic heterocycles. The average Bonchev–Trinajstić information content (AvgIpc) is 2.91. The Balaban J connectivity index is 2.36. The molecule has 0 radical (unpaired) electrons. The van der Waals surface area contributed by atoms with Crippen molar-refractivity contribution in [3.8, 4) is 11.4 Å². The molecule has 19 heavy (non-hydrogen) atoms. The van der Waals surface area contributed by atoms with Gasteiger partial charge in [0, 0.05) is 23.0 Å². The third-order valence-corrected chi connectivity index (χ3v) is 2.59. The summed E-state index contributed by atoms with van der Waals surface area (Å²) in [6.45, 7) is 0. The average molecular weight is 280 g/mol. The van der Waals surface area contributed by atoms with Gasteiger partial charge in [-0.3, -0.25) is 4.79 Å². The van der Waals surface area contributed by atoms with Crippen molar-refractivity contribution >= 4 is 29.2 Å². The zero-order valence-electron chi connectivity index (χ0n) is 9.94. The van der Waals surface area contributed by atoms with Crippen molar-refractivity contribution in [1.29, 1.82) is 0 Å². The number of imidazole rings is 1. The molecule has 0 saturated carbocycles. The molecule has 98 valence electrons. The highest BCUT2D eigenvalue weighted by molar-refractivity contribution is 6.38. The summed E-state index contributed by atoms with van der Waals surface area (Å²) in [7, 11) is 1.13. The third-order valence-electron chi connectivity index (χ3n) is 2.35. The van der Waals surface area contributed by atoms with E-state index < -0.39 is 11.9 Å². The monoisotopic (exact) mass is 279 g/mol. The van der Waals surface area contributed by atoms with E-state index in [9.17, 15) is 9.59 Å². The van der Waals surface area contributed by atoms with E-state index in [1.807, 2.05) is 0 Å². The highest BCUT2D eigenvalue weighted by Gasteiger charge is 2.17. The molecule has 0 bridgehead atoms. The zero-order chi connectivity index (χ0) is 13.8. The Morgan fingerprint density at radius 1 is 1.42 bits per heavy atom. The Morgan fingerprint density at radius 3 is 2.84 bits per heavy atom. The van der Waals surface area contributed by atoms with Crippen molar-refractivity contribution in [1.82, 2.24) is 9.97 Å². The minimum Gasteiger partial charge on any atom is -0.462 e. The molecule has 1 heterocycles. The summed E-state index contributed by atoms with van der Waals surface area (Å²) in [5.74, 6) is -1.31. The second-order valence-corrected chi connectivity index (χ2v) is 4.01. The molecular formula is C12H10ClN3O3. The molecule has 0 aliphatic carbocycles. The molecule has 0 fully saturated rings. The van der Waals surface area contributed by atoms with Gasteiger partial charge in [-0.15, -0.1) is 0 Å². The summed E-state index contributed by atoms with van der Waals surface area (Å²) in [6, 6.07) is 4.88. The van der Waals surface area contributed by atoms with E-state index in [1.54, 1.807) is 24.5 Å². The fourth-order valence-corrected chi connectivity index (χ4v) is 1.68. The Hall–Kier alpha value is -2.34. The van der Waals surface area contributed by atoms with Crippen molar-refractivity contribution in [2.45, 2.75) is 0 Å². The third kappa shape index (κ3) is 2.92. The van der Waals surface area contributed by atoms with Gasteiger partial charge in [0.1, 0.15) is 5.82 Å². The van der Waals surface area contributed by atoms with E-state index in [-0.39, 0.29) is 0 Å². The Bertz CT molecular complexity index is 611.